The molecule has 14 heavy (non-hydrogen) atoms. The molecule has 0 bridgehead atoms. The number of hydrogen-bond acceptors (Lipinski definition) is 1. The van der Waals surface area contributed by atoms with E-state index in [1.165, 1.54) is 0 Å². The molecule has 0 aromatic rings. The average molecular weight is 199 g/mol. The van der Waals surface area contributed by atoms with Crippen molar-refractivity contribution in [3.8, 4) is 0 Å². The summed E-state index contributed by atoms with van der Waals surface area (Å²) in [6.07, 6.45) is 0. The fourth-order valence-corrected chi connectivity index (χ4v) is 1.47. The monoisotopic (exact) mass is 199 g/mol. The Morgan fingerprint density at radius 2 is 1.36 bits per heavy atom. The molecular formula is C12H25NO. The van der Waals surface area contributed by atoms with Crippen molar-refractivity contribution in [1.82, 2.24) is 5.32 Å². The summed E-state index contributed by atoms with van der Waals surface area (Å²) in [7, 11) is 0. The van der Waals surface area contributed by atoms with E-state index in [0.29, 0.717) is 11.8 Å². The molecule has 0 aliphatic heterocycles. The Labute approximate surface area is 88.5 Å². The molecule has 2 nitrogen and oxygen atoms in total. The van der Waals surface area contributed by atoms with Crippen LogP contribution in [0.5, 0.6) is 0 Å². The van der Waals surface area contributed by atoms with E-state index < -0.39 is 0 Å². The van der Waals surface area contributed by atoms with Crippen LogP contribution in [0.4, 0.5) is 0 Å². The molecule has 0 saturated carbocycles. The van der Waals surface area contributed by atoms with Crippen LogP contribution in [0.2, 0.25) is 0 Å². The minimum absolute atomic E-state index is 0.143. The summed E-state index contributed by atoms with van der Waals surface area (Å²) in [5.74, 6) is 1.12. The molecule has 1 amide bonds. The lowest BCUT2D eigenvalue weighted by Gasteiger charge is -2.29. The Bertz CT molecular complexity index is 181. The van der Waals surface area contributed by atoms with E-state index in [4.69, 9.17) is 0 Å². The standard InChI is InChI=1S/C12H25NO/c1-8(2)10(9(3)4)13-11(14)12(5,6)7/h8-10H,1-7H3,(H,13,14). The number of hydrogen-bond donors (Lipinski definition) is 1. The van der Waals surface area contributed by atoms with Crippen LogP contribution in [0.15, 0.2) is 0 Å². The van der Waals surface area contributed by atoms with Crippen molar-refractivity contribution in [1.29, 1.82) is 0 Å². The zero-order valence-electron chi connectivity index (χ0n) is 10.6. The highest BCUT2D eigenvalue weighted by Crippen LogP contribution is 2.17. The zero-order chi connectivity index (χ0) is 11.5. The Morgan fingerprint density at radius 3 is 1.57 bits per heavy atom. The van der Waals surface area contributed by atoms with E-state index in [0.717, 1.165) is 0 Å². The number of amides is 1. The Balaban J connectivity index is 4.40. The van der Waals surface area contributed by atoms with Gasteiger partial charge in [-0.05, 0) is 11.8 Å². The molecule has 0 spiro atoms. The Morgan fingerprint density at radius 1 is 1.00 bits per heavy atom. The molecule has 0 saturated heterocycles. The lowest BCUT2D eigenvalue weighted by molar-refractivity contribution is -0.129. The van der Waals surface area contributed by atoms with Gasteiger partial charge in [0.2, 0.25) is 5.91 Å². The van der Waals surface area contributed by atoms with Gasteiger partial charge in [0, 0.05) is 11.5 Å². The highest BCUT2D eigenvalue weighted by Gasteiger charge is 2.26. The zero-order valence-corrected chi connectivity index (χ0v) is 10.6. The summed E-state index contributed by atoms with van der Waals surface area (Å²) in [5, 5.41) is 3.12. The van der Waals surface area contributed by atoms with E-state index in [-0.39, 0.29) is 17.4 Å². The highest BCUT2D eigenvalue weighted by atomic mass is 16.2. The molecule has 0 aromatic heterocycles. The Hall–Kier alpha value is -0.530. The number of carbonyl (C=O) groups excluding carboxylic acids is 1. The van der Waals surface area contributed by atoms with Crippen LogP contribution in [-0.4, -0.2) is 11.9 Å². The van der Waals surface area contributed by atoms with Gasteiger partial charge in [0.05, 0.1) is 0 Å². The molecule has 0 unspecified atom stereocenters. The predicted molar refractivity (Wildman–Crippen MR) is 61.1 cm³/mol. The van der Waals surface area contributed by atoms with Gasteiger partial charge in [0.25, 0.3) is 0 Å². The second kappa shape index (κ2) is 4.81. The van der Waals surface area contributed by atoms with Gasteiger partial charge in [-0.25, -0.2) is 0 Å². The van der Waals surface area contributed by atoms with Gasteiger partial charge < -0.3 is 5.32 Å². The van der Waals surface area contributed by atoms with E-state index >= 15 is 0 Å². The number of nitrogens with one attached hydrogen (secondary N) is 1. The summed E-state index contributed by atoms with van der Waals surface area (Å²) in [6.45, 7) is 14.4. The normalized spacial score (nSPS) is 12.7. The fourth-order valence-electron chi connectivity index (χ4n) is 1.47. The molecule has 84 valence electrons. The largest absolute Gasteiger partial charge is 0.352 e. The topological polar surface area (TPSA) is 29.1 Å². The van der Waals surface area contributed by atoms with Crippen molar-refractivity contribution < 1.29 is 4.79 Å². The molecule has 0 heterocycles. The predicted octanol–water partition coefficient (Wildman–Crippen LogP) is 2.83. The molecule has 1 N–H and O–H groups in total. The lowest BCUT2D eigenvalue weighted by atomic mass is 9.90. The Kier molecular flexibility index (Phi) is 4.63. The second-order valence-corrected chi connectivity index (χ2v) is 5.74. The molecule has 0 atom stereocenters. The third-order valence-electron chi connectivity index (χ3n) is 2.42. The number of rotatable bonds is 3. The van der Waals surface area contributed by atoms with E-state index in [2.05, 4.69) is 33.0 Å². The third-order valence-corrected chi connectivity index (χ3v) is 2.42. The van der Waals surface area contributed by atoms with Crippen LogP contribution in [0.1, 0.15) is 48.5 Å². The first kappa shape index (κ1) is 13.5. The van der Waals surface area contributed by atoms with Gasteiger partial charge in [-0.2, -0.15) is 0 Å². The molecule has 0 rings (SSSR count). The molecular weight excluding hydrogens is 174 g/mol. The quantitative estimate of drug-likeness (QED) is 0.744. The maximum atomic E-state index is 11.8. The summed E-state index contributed by atoms with van der Waals surface area (Å²) < 4.78 is 0. The fraction of sp³-hybridized carbons (Fsp3) is 0.917. The highest BCUT2D eigenvalue weighted by molar-refractivity contribution is 5.81. The van der Waals surface area contributed by atoms with Crippen LogP contribution < -0.4 is 5.32 Å². The van der Waals surface area contributed by atoms with Gasteiger partial charge in [-0.15, -0.1) is 0 Å². The molecule has 0 aromatic carbocycles. The minimum Gasteiger partial charge on any atom is -0.352 e. The summed E-state index contributed by atoms with van der Waals surface area (Å²) >= 11 is 0. The van der Waals surface area contributed by atoms with Crippen LogP contribution in [0.3, 0.4) is 0 Å². The first-order valence-electron chi connectivity index (χ1n) is 5.47. The van der Waals surface area contributed by atoms with Crippen LogP contribution in [0.25, 0.3) is 0 Å². The van der Waals surface area contributed by atoms with Crippen molar-refractivity contribution in [3.63, 3.8) is 0 Å². The SMILES string of the molecule is CC(C)C(NC(=O)C(C)(C)C)C(C)C. The van der Waals surface area contributed by atoms with Gasteiger partial charge in [0.15, 0.2) is 0 Å². The van der Waals surface area contributed by atoms with Crippen molar-refractivity contribution in [2.75, 3.05) is 0 Å². The van der Waals surface area contributed by atoms with Crippen molar-refractivity contribution in [3.05, 3.63) is 0 Å². The van der Waals surface area contributed by atoms with Gasteiger partial charge in [0.1, 0.15) is 0 Å². The first-order chi connectivity index (χ1) is 6.16. The van der Waals surface area contributed by atoms with Crippen LogP contribution in [-0.2, 0) is 4.79 Å². The maximum Gasteiger partial charge on any atom is 0.225 e. The summed E-state index contributed by atoms with van der Waals surface area (Å²) in [6, 6.07) is 0.279. The summed E-state index contributed by atoms with van der Waals surface area (Å²) in [4.78, 5) is 11.8. The van der Waals surface area contributed by atoms with Crippen molar-refractivity contribution in [2.24, 2.45) is 17.3 Å². The number of carbonyl (C=O) groups is 1. The van der Waals surface area contributed by atoms with Crippen LogP contribution >= 0.6 is 0 Å². The summed E-state index contributed by atoms with van der Waals surface area (Å²) in [5.41, 5.74) is -0.290. The minimum atomic E-state index is -0.290. The second-order valence-electron chi connectivity index (χ2n) is 5.74. The third kappa shape index (κ3) is 4.12. The van der Waals surface area contributed by atoms with Crippen molar-refractivity contribution >= 4 is 5.91 Å². The molecule has 0 aliphatic carbocycles. The molecule has 2 heteroatoms. The lowest BCUT2D eigenvalue weighted by Crippen LogP contribution is -2.46. The van der Waals surface area contributed by atoms with Gasteiger partial charge in [-0.1, -0.05) is 48.5 Å². The van der Waals surface area contributed by atoms with Crippen LogP contribution in [0, 0.1) is 17.3 Å². The molecule has 0 aliphatic rings. The maximum absolute atomic E-state index is 11.8. The van der Waals surface area contributed by atoms with E-state index in [1.807, 2.05) is 20.8 Å². The van der Waals surface area contributed by atoms with E-state index in [9.17, 15) is 4.79 Å². The molecule has 0 fully saturated rings. The van der Waals surface area contributed by atoms with Crippen molar-refractivity contribution in [2.45, 2.75) is 54.5 Å². The molecule has 0 radical (unpaired) electrons. The first-order valence-corrected chi connectivity index (χ1v) is 5.47. The smallest absolute Gasteiger partial charge is 0.225 e. The van der Waals surface area contributed by atoms with E-state index in [1.54, 1.807) is 0 Å². The average Bonchev–Trinajstić information content (AvgIpc) is 1.96. The van der Waals surface area contributed by atoms with Gasteiger partial charge >= 0.3 is 0 Å². The van der Waals surface area contributed by atoms with Gasteiger partial charge in [-0.3, -0.25) is 4.79 Å².